The van der Waals surface area contributed by atoms with E-state index in [1.165, 1.54) is 0 Å². The molecule has 1 aromatic carbocycles. The largest absolute Gasteiger partial charge is 0.347 e. The van der Waals surface area contributed by atoms with Crippen LogP contribution in [0.1, 0.15) is 63.4 Å². The maximum atomic E-state index is 12.6. The number of halogens is 1. The van der Waals surface area contributed by atoms with Gasteiger partial charge in [0.05, 0.1) is 0 Å². The van der Waals surface area contributed by atoms with Gasteiger partial charge in [-0.1, -0.05) is 45.9 Å². The van der Waals surface area contributed by atoms with Gasteiger partial charge in [-0.15, -0.1) is 11.6 Å². The van der Waals surface area contributed by atoms with Gasteiger partial charge in [0, 0.05) is 17.0 Å². The predicted molar refractivity (Wildman–Crippen MR) is 86.6 cm³/mol. The van der Waals surface area contributed by atoms with Crippen molar-refractivity contribution in [2.75, 3.05) is 5.88 Å². The number of alkyl halides is 1. The van der Waals surface area contributed by atoms with Crippen LogP contribution in [0.3, 0.4) is 0 Å². The summed E-state index contributed by atoms with van der Waals surface area (Å²) >= 11 is 5.85. The van der Waals surface area contributed by atoms with Crippen LogP contribution >= 0.6 is 11.6 Å². The maximum absolute atomic E-state index is 12.6. The van der Waals surface area contributed by atoms with Crippen LogP contribution < -0.4 is 5.32 Å². The van der Waals surface area contributed by atoms with Crippen molar-refractivity contribution in [2.24, 2.45) is 0 Å². The Kier molecular flexibility index (Phi) is 5.64. The lowest BCUT2D eigenvalue weighted by atomic mass is 9.83. The number of hydrogen-bond acceptors (Lipinski definition) is 1. The number of carbonyl (C=O) groups is 1. The van der Waals surface area contributed by atoms with E-state index in [9.17, 15) is 4.79 Å². The van der Waals surface area contributed by atoms with E-state index in [-0.39, 0.29) is 16.9 Å². The van der Waals surface area contributed by atoms with Crippen molar-refractivity contribution in [3.8, 4) is 0 Å². The lowest BCUT2D eigenvalue weighted by Gasteiger charge is -2.30. The minimum absolute atomic E-state index is 0.00927. The molecule has 0 aliphatic rings. The van der Waals surface area contributed by atoms with E-state index in [2.05, 4.69) is 33.0 Å². The molecule has 1 N–H and O–H groups in total. The number of benzene rings is 1. The molecule has 1 unspecified atom stereocenters. The van der Waals surface area contributed by atoms with Gasteiger partial charge in [-0.3, -0.25) is 4.79 Å². The van der Waals surface area contributed by atoms with Gasteiger partial charge in [0.2, 0.25) is 0 Å². The van der Waals surface area contributed by atoms with Crippen LogP contribution in [0.15, 0.2) is 24.3 Å². The van der Waals surface area contributed by atoms with Gasteiger partial charge in [-0.2, -0.15) is 0 Å². The molecule has 0 heterocycles. The molecule has 0 saturated carbocycles. The first-order valence-electron chi connectivity index (χ1n) is 7.21. The summed E-state index contributed by atoms with van der Waals surface area (Å²) in [5.41, 5.74) is 1.53. The third-order valence-electron chi connectivity index (χ3n) is 3.82. The third-order valence-corrected chi connectivity index (χ3v) is 4.01. The maximum Gasteiger partial charge on any atom is 0.251 e. The average molecular weight is 296 g/mol. The zero-order valence-corrected chi connectivity index (χ0v) is 14.0. The number of nitrogens with one attached hydrogen (secondary N) is 1. The molecule has 0 bridgehead atoms. The van der Waals surface area contributed by atoms with Crippen molar-refractivity contribution < 1.29 is 4.79 Å². The third kappa shape index (κ3) is 4.24. The Morgan fingerprint density at radius 3 is 2.30 bits per heavy atom. The van der Waals surface area contributed by atoms with E-state index in [1.807, 2.05) is 31.2 Å². The Morgan fingerprint density at radius 1 is 1.20 bits per heavy atom. The van der Waals surface area contributed by atoms with E-state index >= 15 is 0 Å². The van der Waals surface area contributed by atoms with Gasteiger partial charge < -0.3 is 5.32 Å². The molecule has 0 fully saturated rings. The molecule has 1 aromatic rings. The fraction of sp³-hybridized carbons (Fsp3) is 0.588. The molecule has 0 aliphatic heterocycles. The SMILES string of the molecule is CCC(C)(CCCl)NC(=O)c1ccccc1C(C)(C)C. The first kappa shape index (κ1) is 17.0. The first-order chi connectivity index (χ1) is 9.23. The van der Waals surface area contributed by atoms with Crippen molar-refractivity contribution in [1.82, 2.24) is 5.32 Å². The Balaban J connectivity index is 3.05. The Hall–Kier alpha value is -1.02. The molecule has 0 aromatic heterocycles. The van der Waals surface area contributed by atoms with Crippen LogP contribution in [0.5, 0.6) is 0 Å². The highest BCUT2D eigenvalue weighted by molar-refractivity contribution is 6.17. The van der Waals surface area contributed by atoms with Crippen molar-refractivity contribution in [3.05, 3.63) is 35.4 Å². The second kappa shape index (κ2) is 6.62. The summed E-state index contributed by atoms with van der Waals surface area (Å²) in [7, 11) is 0. The Morgan fingerprint density at radius 2 is 1.80 bits per heavy atom. The summed E-state index contributed by atoms with van der Waals surface area (Å²) in [6, 6.07) is 7.82. The molecule has 2 nitrogen and oxygen atoms in total. The molecule has 0 aliphatic carbocycles. The van der Waals surface area contributed by atoms with Gasteiger partial charge in [-0.25, -0.2) is 0 Å². The zero-order chi connectivity index (χ0) is 15.4. The predicted octanol–water partition coefficient (Wildman–Crippen LogP) is 4.51. The summed E-state index contributed by atoms with van der Waals surface area (Å²) in [5.74, 6) is 0.538. The topological polar surface area (TPSA) is 29.1 Å². The summed E-state index contributed by atoms with van der Waals surface area (Å²) in [4.78, 5) is 12.6. The highest BCUT2D eigenvalue weighted by atomic mass is 35.5. The van der Waals surface area contributed by atoms with Gasteiger partial charge in [0.15, 0.2) is 0 Å². The molecular weight excluding hydrogens is 270 g/mol. The fourth-order valence-electron chi connectivity index (χ4n) is 2.21. The minimum atomic E-state index is -0.246. The lowest BCUT2D eigenvalue weighted by molar-refractivity contribution is 0.0899. The van der Waals surface area contributed by atoms with Crippen molar-refractivity contribution in [2.45, 2.75) is 58.4 Å². The lowest BCUT2D eigenvalue weighted by Crippen LogP contribution is -2.46. The monoisotopic (exact) mass is 295 g/mol. The summed E-state index contributed by atoms with van der Waals surface area (Å²) in [6.45, 7) is 10.5. The molecular formula is C17H26ClNO. The van der Waals surface area contributed by atoms with E-state index in [1.54, 1.807) is 0 Å². The van der Waals surface area contributed by atoms with Gasteiger partial charge in [0.1, 0.15) is 0 Å². The number of rotatable bonds is 5. The van der Waals surface area contributed by atoms with Crippen molar-refractivity contribution in [1.29, 1.82) is 0 Å². The van der Waals surface area contributed by atoms with Crippen LogP contribution in [-0.4, -0.2) is 17.3 Å². The molecule has 0 saturated heterocycles. The highest BCUT2D eigenvalue weighted by Crippen LogP contribution is 2.26. The molecule has 0 radical (unpaired) electrons. The van der Waals surface area contributed by atoms with E-state index in [4.69, 9.17) is 11.6 Å². The van der Waals surface area contributed by atoms with Crippen molar-refractivity contribution in [3.63, 3.8) is 0 Å². The first-order valence-corrected chi connectivity index (χ1v) is 7.75. The molecule has 20 heavy (non-hydrogen) atoms. The normalized spacial score (nSPS) is 14.7. The van der Waals surface area contributed by atoms with Crippen LogP contribution in [0.4, 0.5) is 0 Å². The number of carbonyl (C=O) groups excluding carboxylic acids is 1. The van der Waals surface area contributed by atoms with Crippen molar-refractivity contribution >= 4 is 17.5 Å². The summed E-state index contributed by atoms with van der Waals surface area (Å²) in [5, 5.41) is 3.15. The quantitative estimate of drug-likeness (QED) is 0.796. The molecule has 1 atom stereocenters. The molecule has 3 heteroatoms. The van der Waals surface area contributed by atoms with Crippen LogP contribution in [0.25, 0.3) is 0 Å². The highest BCUT2D eigenvalue weighted by Gasteiger charge is 2.27. The van der Waals surface area contributed by atoms with Crippen LogP contribution in [0, 0.1) is 0 Å². The van der Waals surface area contributed by atoms with Crippen LogP contribution in [-0.2, 0) is 5.41 Å². The molecule has 0 spiro atoms. The molecule has 1 amide bonds. The Labute approximate surface area is 127 Å². The Bertz CT molecular complexity index is 464. The zero-order valence-electron chi connectivity index (χ0n) is 13.2. The number of hydrogen-bond donors (Lipinski definition) is 1. The average Bonchev–Trinajstić information content (AvgIpc) is 2.38. The van der Waals surface area contributed by atoms with E-state index < -0.39 is 0 Å². The van der Waals surface area contributed by atoms with Gasteiger partial charge >= 0.3 is 0 Å². The molecule has 1 rings (SSSR count). The fourth-order valence-corrected chi connectivity index (χ4v) is 2.63. The van der Waals surface area contributed by atoms with E-state index in [0.717, 1.165) is 24.0 Å². The van der Waals surface area contributed by atoms with Gasteiger partial charge in [-0.05, 0) is 36.8 Å². The second-order valence-corrected chi connectivity index (χ2v) is 6.98. The summed E-state index contributed by atoms with van der Waals surface area (Å²) < 4.78 is 0. The smallest absolute Gasteiger partial charge is 0.251 e. The van der Waals surface area contributed by atoms with Crippen LogP contribution in [0.2, 0.25) is 0 Å². The van der Waals surface area contributed by atoms with Gasteiger partial charge in [0.25, 0.3) is 5.91 Å². The molecule has 112 valence electrons. The second-order valence-electron chi connectivity index (χ2n) is 6.60. The standard InChI is InChI=1S/C17H26ClNO/c1-6-17(5,11-12-18)19-15(20)13-9-7-8-10-14(13)16(2,3)4/h7-10H,6,11-12H2,1-5H3,(H,19,20). The van der Waals surface area contributed by atoms with E-state index in [0.29, 0.717) is 5.88 Å². The summed E-state index contributed by atoms with van der Waals surface area (Å²) in [6.07, 6.45) is 1.64. The number of amides is 1. The minimum Gasteiger partial charge on any atom is -0.347 e.